The van der Waals surface area contributed by atoms with E-state index in [2.05, 4.69) is 6.92 Å². The lowest BCUT2D eigenvalue weighted by Crippen LogP contribution is -2.37. The molecular formula is C8H19NO2. The minimum absolute atomic E-state index is 0.132. The molecule has 0 bridgehead atoms. The van der Waals surface area contributed by atoms with Crippen molar-refractivity contribution in [3.63, 3.8) is 0 Å². The number of aliphatic hydroxyl groups excluding tert-OH is 2. The Morgan fingerprint density at radius 3 is 2.45 bits per heavy atom. The summed E-state index contributed by atoms with van der Waals surface area (Å²) in [4.78, 5) is 0. The van der Waals surface area contributed by atoms with Crippen molar-refractivity contribution in [3.8, 4) is 0 Å². The van der Waals surface area contributed by atoms with Gasteiger partial charge in [-0.2, -0.15) is 0 Å². The third-order valence-electron chi connectivity index (χ3n) is 1.81. The van der Waals surface area contributed by atoms with Gasteiger partial charge in [-0.25, -0.2) is 0 Å². The monoisotopic (exact) mass is 161 g/mol. The number of hydrogen-bond acceptors (Lipinski definition) is 3. The smallest absolute Gasteiger partial charge is 0.0713 e. The SMILES string of the molecule is CCCCCC(O)C(N)CO. The minimum Gasteiger partial charge on any atom is -0.395 e. The summed E-state index contributed by atoms with van der Waals surface area (Å²) in [7, 11) is 0. The van der Waals surface area contributed by atoms with Crippen LogP contribution in [0.4, 0.5) is 0 Å². The maximum atomic E-state index is 9.26. The molecule has 0 rings (SSSR count). The molecule has 11 heavy (non-hydrogen) atoms. The zero-order chi connectivity index (χ0) is 8.69. The summed E-state index contributed by atoms with van der Waals surface area (Å²) in [5, 5.41) is 17.8. The molecule has 0 spiro atoms. The van der Waals surface area contributed by atoms with E-state index < -0.39 is 12.1 Å². The largest absolute Gasteiger partial charge is 0.395 e. The van der Waals surface area contributed by atoms with Crippen molar-refractivity contribution in [1.29, 1.82) is 0 Å². The van der Waals surface area contributed by atoms with Crippen molar-refractivity contribution < 1.29 is 10.2 Å². The van der Waals surface area contributed by atoms with E-state index in [1.807, 2.05) is 0 Å². The third-order valence-corrected chi connectivity index (χ3v) is 1.81. The Kier molecular flexibility index (Phi) is 6.51. The van der Waals surface area contributed by atoms with Gasteiger partial charge in [0.25, 0.3) is 0 Å². The zero-order valence-corrected chi connectivity index (χ0v) is 7.16. The van der Waals surface area contributed by atoms with Crippen LogP contribution in [0.15, 0.2) is 0 Å². The maximum Gasteiger partial charge on any atom is 0.0713 e. The molecule has 3 nitrogen and oxygen atoms in total. The number of hydrogen-bond donors (Lipinski definition) is 3. The van der Waals surface area contributed by atoms with E-state index >= 15 is 0 Å². The first-order valence-electron chi connectivity index (χ1n) is 4.26. The highest BCUT2D eigenvalue weighted by Crippen LogP contribution is 2.04. The predicted molar refractivity (Wildman–Crippen MR) is 45.2 cm³/mol. The van der Waals surface area contributed by atoms with Crippen molar-refractivity contribution in [2.24, 2.45) is 5.73 Å². The van der Waals surface area contributed by atoms with Crippen LogP contribution in [0.2, 0.25) is 0 Å². The summed E-state index contributed by atoms with van der Waals surface area (Å²) in [5.74, 6) is 0. The highest BCUT2D eigenvalue weighted by atomic mass is 16.3. The van der Waals surface area contributed by atoms with Crippen LogP contribution in [-0.4, -0.2) is 29.0 Å². The van der Waals surface area contributed by atoms with Gasteiger partial charge in [-0.3, -0.25) is 0 Å². The Hall–Kier alpha value is -0.120. The lowest BCUT2D eigenvalue weighted by Gasteiger charge is -2.15. The first kappa shape index (κ1) is 10.9. The Morgan fingerprint density at radius 2 is 2.00 bits per heavy atom. The van der Waals surface area contributed by atoms with Crippen LogP contribution in [-0.2, 0) is 0 Å². The summed E-state index contributed by atoms with van der Waals surface area (Å²) in [6.07, 6.45) is 3.42. The molecule has 2 atom stereocenters. The molecular weight excluding hydrogens is 142 g/mol. The number of rotatable bonds is 6. The van der Waals surface area contributed by atoms with Crippen LogP contribution in [0.25, 0.3) is 0 Å². The second-order valence-electron chi connectivity index (χ2n) is 2.91. The number of aliphatic hydroxyl groups is 2. The van der Waals surface area contributed by atoms with Gasteiger partial charge in [-0.1, -0.05) is 26.2 Å². The Labute approximate surface area is 68.2 Å². The molecule has 0 aromatic carbocycles. The van der Waals surface area contributed by atoms with E-state index in [1.165, 1.54) is 0 Å². The van der Waals surface area contributed by atoms with E-state index in [4.69, 9.17) is 10.8 Å². The molecule has 0 aliphatic carbocycles. The minimum atomic E-state index is -0.536. The summed E-state index contributed by atoms with van der Waals surface area (Å²) in [6.45, 7) is 1.98. The predicted octanol–water partition coefficient (Wildman–Crippen LogP) is 0.247. The topological polar surface area (TPSA) is 66.5 Å². The standard InChI is InChI=1S/C8H19NO2/c1-2-3-4-5-8(11)7(9)6-10/h7-8,10-11H,2-6,9H2,1H3. The quantitative estimate of drug-likeness (QED) is 0.489. The molecule has 0 fully saturated rings. The van der Waals surface area contributed by atoms with Crippen LogP contribution >= 0.6 is 0 Å². The van der Waals surface area contributed by atoms with Gasteiger partial charge in [0, 0.05) is 0 Å². The average molecular weight is 161 g/mol. The molecule has 0 aromatic rings. The Balaban J connectivity index is 3.28. The van der Waals surface area contributed by atoms with Crippen LogP contribution in [0.3, 0.4) is 0 Å². The van der Waals surface area contributed by atoms with E-state index in [9.17, 15) is 5.11 Å². The van der Waals surface area contributed by atoms with Gasteiger partial charge < -0.3 is 15.9 Å². The first-order chi connectivity index (χ1) is 5.22. The lowest BCUT2D eigenvalue weighted by atomic mass is 10.1. The number of unbranched alkanes of at least 4 members (excludes halogenated alkanes) is 2. The molecule has 0 aliphatic rings. The average Bonchev–Trinajstić information content (AvgIpc) is 2.03. The molecule has 0 aromatic heterocycles. The molecule has 68 valence electrons. The fraction of sp³-hybridized carbons (Fsp3) is 1.00. The van der Waals surface area contributed by atoms with Gasteiger partial charge >= 0.3 is 0 Å². The van der Waals surface area contributed by atoms with Gasteiger partial charge in [0.15, 0.2) is 0 Å². The van der Waals surface area contributed by atoms with Gasteiger partial charge in [0.2, 0.25) is 0 Å². The molecule has 0 radical (unpaired) electrons. The van der Waals surface area contributed by atoms with Crippen molar-refractivity contribution >= 4 is 0 Å². The first-order valence-corrected chi connectivity index (χ1v) is 4.26. The van der Waals surface area contributed by atoms with Crippen molar-refractivity contribution in [1.82, 2.24) is 0 Å². The highest BCUT2D eigenvalue weighted by Gasteiger charge is 2.11. The van der Waals surface area contributed by atoms with Gasteiger partial charge in [0.1, 0.15) is 0 Å². The second kappa shape index (κ2) is 6.58. The van der Waals surface area contributed by atoms with Crippen molar-refractivity contribution in [2.45, 2.75) is 44.8 Å². The summed E-state index contributed by atoms with van der Waals surface area (Å²) >= 11 is 0. The zero-order valence-electron chi connectivity index (χ0n) is 7.16. The normalized spacial score (nSPS) is 16.4. The van der Waals surface area contributed by atoms with Crippen LogP contribution in [0, 0.1) is 0 Å². The second-order valence-corrected chi connectivity index (χ2v) is 2.91. The fourth-order valence-corrected chi connectivity index (χ4v) is 0.939. The number of nitrogens with two attached hydrogens (primary N) is 1. The maximum absolute atomic E-state index is 9.26. The third kappa shape index (κ3) is 5.18. The van der Waals surface area contributed by atoms with Crippen LogP contribution in [0.5, 0.6) is 0 Å². The van der Waals surface area contributed by atoms with Crippen molar-refractivity contribution in [3.05, 3.63) is 0 Å². The molecule has 2 unspecified atom stereocenters. The molecule has 0 amide bonds. The molecule has 4 N–H and O–H groups in total. The molecule has 0 heterocycles. The Bertz CT molecular complexity index is 88.2. The van der Waals surface area contributed by atoms with E-state index in [0.29, 0.717) is 6.42 Å². The molecule has 3 heteroatoms. The van der Waals surface area contributed by atoms with Gasteiger partial charge in [0.05, 0.1) is 18.8 Å². The van der Waals surface area contributed by atoms with E-state index in [-0.39, 0.29) is 6.61 Å². The Morgan fingerprint density at radius 1 is 1.36 bits per heavy atom. The van der Waals surface area contributed by atoms with Gasteiger partial charge in [-0.05, 0) is 6.42 Å². The van der Waals surface area contributed by atoms with Gasteiger partial charge in [-0.15, -0.1) is 0 Å². The molecule has 0 saturated carbocycles. The van der Waals surface area contributed by atoms with Crippen LogP contribution in [0.1, 0.15) is 32.6 Å². The highest BCUT2D eigenvalue weighted by molar-refractivity contribution is 4.69. The summed E-state index contributed by atoms with van der Waals surface area (Å²) < 4.78 is 0. The molecule has 0 aliphatic heterocycles. The molecule has 0 saturated heterocycles. The van der Waals surface area contributed by atoms with E-state index in [1.54, 1.807) is 0 Å². The lowest BCUT2D eigenvalue weighted by molar-refractivity contribution is 0.0991. The summed E-state index contributed by atoms with van der Waals surface area (Å²) in [6, 6.07) is -0.466. The van der Waals surface area contributed by atoms with E-state index in [0.717, 1.165) is 19.3 Å². The van der Waals surface area contributed by atoms with Crippen molar-refractivity contribution in [2.75, 3.05) is 6.61 Å². The summed E-state index contributed by atoms with van der Waals surface area (Å²) in [5.41, 5.74) is 5.40. The van der Waals surface area contributed by atoms with Crippen LogP contribution < -0.4 is 5.73 Å². The fourth-order valence-electron chi connectivity index (χ4n) is 0.939.